The maximum atomic E-state index is 11.0. The molecule has 29 heavy (non-hydrogen) atoms. The highest BCUT2D eigenvalue weighted by atomic mass is 16.6. The molecule has 3 heterocycles. The minimum absolute atomic E-state index is 0.00997. The molecule has 0 bridgehead atoms. The van der Waals surface area contributed by atoms with Crippen molar-refractivity contribution in [3.8, 4) is 22.6 Å². The van der Waals surface area contributed by atoms with Crippen molar-refractivity contribution < 1.29 is 24.4 Å². The number of hydrogen-bond donors (Lipinski definition) is 2. The minimum Gasteiger partial charge on any atom is -0.507 e. The third-order valence-corrected chi connectivity index (χ3v) is 5.85. The normalized spacial score (nSPS) is 26.8. The Bertz CT molecular complexity index is 995. The molecular formula is C24H24O5. The Morgan fingerprint density at radius 2 is 1.59 bits per heavy atom. The van der Waals surface area contributed by atoms with Gasteiger partial charge in [0.25, 0.3) is 0 Å². The van der Waals surface area contributed by atoms with Gasteiger partial charge in [0, 0.05) is 16.7 Å². The predicted octanol–water partition coefficient (Wildman–Crippen LogP) is 4.13. The number of epoxide rings is 2. The van der Waals surface area contributed by atoms with Crippen LogP contribution in [0.2, 0.25) is 0 Å². The lowest BCUT2D eigenvalue weighted by molar-refractivity contribution is 0.102. The summed E-state index contributed by atoms with van der Waals surface area (Å²) in [6, 6.07) is 7.28. The second kappa shape index (κ2) is 7.02. The highest BCUT2D eigenvalue weighted by Gasteiger charge is 2.52. The zero-order valence-electron chi connectivity index (χ0n) is 16.1. The molecule has 0 radical (unpaired) electrons. The summed E-state index contributed by atoms with van der Waals surface area (Å²) in [7, 11) is 0. The molecule has 0 aromatic heterocycles. The molecule has 3 aliphatic rings. The van der Waals surface area contributed by atoms with Crippen LogP contribution in [-0.2, 0) is 27.1 Å². The second-order valence-electron chi connectivity index (χ2n) is 7.82. The van der Waals surface area contributed by atoms with E-state index in [0.717, 1.165) is 22.3 Å². The summed E-state index contributed by atoms with van der Waals surface area (Å²) < 4.78 is 17.6. The fraction of sp³-hybridized carbons (Fsp3) is 0.333. The first kappa shape index (κ1) is 18.4. The maximum absolute atomic E-state index is 11.0. The number of phenols is 2. The Morgan fingerprint density at radius 1 is 0.897 bits per heavy atom. The van der Waals surface area contributed by atoms with E-state index in [1.165, 1.54) is 0 Å². The summed E-state index contributed by atoms with van der Waals surface area (Å²) in [6.45, 7) is 8.63. The SMILES string of the molecule is C=CCc1ccc(-c2c(O)cc(CC=C)c3c2C2OC2COCC2OC32)c(O)c1. The van der Waals surface area contributed by atoms with Crippen molar-refractivity contribution in [3.63, 3.8) is 0 Å². The first-order chi connectivity index (χ1) is 14.1. The molecule has 4 unspecified atom stereocenters. The molecule has 4 atom stereocenters. The zero-order chi connectivity index (χ0) is 20.1. The average Bonchev–Trinajstić information content (AvgIpc) is 3.60. The van der Waals surface area contributed by atoms with Gasteiger partial charge in [-0.3, -0.25) is 0 Å². The van der Waals surface area contributed by atoms with Gasteiger partial charge in [-0.1, -0.05) is 24.3 Å². The van der Waals surface area contributed by atoms with Gasteiger partial charge in [-0.2, -0.15) is 0 Å². The summed E-state index contributed by atoms with van der Waals surface area (Å²) in [5, 5.41) is 21.8. The van der Waals surface area contributed by atoms with Gasteiger partial charge in [-0.15, -0.1) is 13.2 Å². The first-order valence-electron chi connectivity index (χ1n) is 9.93. The standard InChI is InChI=1S/C24H24O5/c1-3-5-13-7-8-15(16(25)9-13)21-17(26)10-14(6-4-2)20-22(21)24-19(29-24)12-27-11-18-23(20)28-18/h3-4,7-10,18-19,23-26H,1-2,5-6,11-12H2. The fourth-order valence-electron chi connectivity index (χ4n) is 4.43. The van der Waals surface area contributed by atoms with Crippen LogP contribution in [0.15, 0.2) is 49.6 Å². The van der Waals surface area contributed by atoms with Crippen molar-refractivity contribution in [2.75, 3.05) is 13.2 Å². The van der Waals surface area contributed by atoms with Gasteiger partial charge in [0.15, 0.2) is 0 Å². The Balaban J connectivity index is 1.73. The lowest BCUT2D eigenvalue weighted by Gasteiger charge is -2.19. The van der Waals surface area contributed by atoms with Gasteiger partial charge < -0.3 is 24.4 Å². The molecule has 5 nitrogen and oxygen atoms in total. The number of benzene rings is 2. The summed E-state index contributed by atoms with van der Waals surface area (Å²) in [5.74, 6) is 0.249. The molecule has 2 aromatic rings. The van der Waals surface area contributed by atoms with E-state index >= 15 is 0 Å². The molecule has 3 aliphatic heterocycles. The Labute approximate surface area is 169 Å². The van der Waals surface area contributed by atoms with E-state index in [9.17, 15) is 10.2 Å². The van der Waals surface area contributed by atoms with E-state index in [4.69, 9.17) is 14.2 Å². The molecule has 2 aromatic carbocycles. The molecule has 0 amide bonds. The number of hydrogen-bond acceptors (Lipinski definition) is 5. The van der Waals surface area contributed by atoms with Crippen molar-refractivity contribution in [1.29, 1.82) is 0 Å². The van der Waals surface area contributed by atoms with Gasteiger partial charge in [-0.05, 0) is 41.7 Å². The van der Waals surface area contributed by atoms with Crippen LogP contribution in [0.4, 0.5) is 0 Å². The third-order valence-electron chi connectivity index (χ3n) is 5.85. The van der Waals surface area contributed by atoms with Crippen LogP contribution >= 0.6 is 0 Å². The molecule has 150 valence electrons. The van der Waals surface area contributed by atoms with Gasteiger partial charge >= 0.3 is 0 Å². The molecule has 0 aliphatic carbocycles. The molecule has 2 saturated heterocycles. The summed E-state index contributed by atoms with van der Waals surface area (Å²) >= 11 is 0. The van der Waals surface area contributed by atoms with Crippen LogP contribution in [0.3, 0.4) is 0 Å². The number of aromatic hydroxyl groups is 2. The van der Waals surface area contributed by atoms with Crippen LogP contribution < -0.4 is 0 Å². The van der Waals surface area contributed by atoms with Gasteiger partial charge in [0.1, 0.15) is 35.9 Å². The topological polar surface area (TPSA) is 74.8 Å². The van der Waals surface area contributed by atoms with Crippen LogP contribution in [0.1, 0.15) is 34.5 Å². The van der Waals surface area contributed by atoms with Crippen LogP contribution in [0.5, 0.6) is 11.5 Å². The zero-order valence-corrected chi connectivity index (χ0v) is 16.1. The van der Waals surface area contributed by atoms with Crippen molar-refractivity contribution in [2.24, 2.45) is 0 Å². The van der Waals surface area contributed by atoms with Gasteiger partial charge in [0.05, 0.1) is 13.2 Å². The molecular weight excluding hydrogens is 368 g/mol. The fourth-order valence-corrected chi connectivity index (χ4v) is 4.43. The van der Waals surface area contributed by atoms with Crippen molar-refractivity contribution in [1.82, 2.24) is 0 Å². The summed E-state index contributed by atoms with van der Waals surface area (Å²) in [5.41, 5.74) is 5.07. The largest absolute Gasteiger partial charge is 0.507 e. The molecule has 0 spiro atoms. The van der Waals surface area contributed by atoms with E-state index in [1.54, 1.807) is 18.2 Å². The van der Waals surface area contributed by atoms with E-state index in [1.807, 2.05) is 18.2 Å². The molecule has 2 N–H and O–H groups in total. The Hall–Kier alpha value is -2.60. The number of phenolic OH excluding ortho intramolecular Hbond substituents is 2. The predicted molar refractivity (Wildman–Crippen MR) is 109 cm³/mol. The number of allylic oxidation sites excluding steroid dienone is 2. The van der Waals surface area contributed by atoms with E-state index in [0.29, 0.717) is 37.2 Å². The Morgan fingerprint density at radius 3 is 2.24 bits per heavy atom. The lowest BCUT2D eigenvalue weighted by Crippen LogP contribution is -2.06. The smallest absolute Gasteiger partial charge is 0.124 e. The number of fused-ring (bicyclic) bond motifs is 5. The quantitative estimate of drug-likeness (QED) is 0.591. The minimum atomic E-state index is -0.189. The van der Waals surface area contributed by atoms with Gasteiger partial charge in [0.2, 0.25) is 0 Å². The van der Waals surface area contributed by atoms with Crippen LogP contribution in [0.25, 0.3) is 11.1 Å². The summed E-state index contributed by atoms with van der Waals surface area (Å²) in [4.78, 5) is 0. The van der Waals surface area contributed by atoms with Gasteiger partial charge in [-0.25, -0.2) is 0 Å². The highest BCUT2D eigenvalue weighted by Crippen LogP contribution is 2.56. The van der Waals surface area contributed by atoms with Crippen molar-refractivity contribution in [2.45, 2.75) is 37.3 Å². The molecule has 5 heteroatoms. The highest BCUT2D eigenvalue weighted by molar-refractivity contribution is 5.81. The third kappa shape index (κ3) is 3.15. The molecule has 2 fully saturated rings. The molecule has 0 saturated carbocycles. The second-order valence-corrected chi connectivity index (χ2v) is 7.82. The van der Waals surface area contributed by atoms with E-state index in [-0.39, 0.29) is 35.9 Å². The van der Waals surface area contributed by atoms with Crippen molar-refractivity contribution >= 4 is 0 Å². The van der Waals surface area contributed by atoms with E-state index < -0.39 is 0 Å². The average molecular weight is 392 g/mol. The van der Waals surface area contributed by atoms with Crippen LogP contribution in [0, 0.1) is 0 Å². The van der Waals surface area contributed by atoms with E-state index in [2.05, 4.69) is 13.2 Å². The van der Waals surface area contributed by atoms with Crippen LogP contribution in [-0.4, -0.2) is 35.6 Å². The lowest BCUT2D eigenvalue weighted by atomic mass is 9.85. The maximum Gasteiger partial charge on any atom is 0.124 e. The summed E-state index contributed by atoms with van der Waals surface area (Å²) in [6.07, 6.45) is 4.57. The number of ether oxygens (including phenoxy) is 3. The Kier molecular flexibility index (Phi) is 4.46. The number of rotatable bonds is 5. The first-order valence-corrected chi connectivity index (χ1v) is 9.93. The van der Waals surface area contributed by atoms with Crippen molar-refractivity contribution in [3.05, 3.63) is 71.8 Å². The monoisotopic (exact) mass is 392 g/mol. The molecule has 5 rings (SSSR count).